The van der Waals surface area contributed by atoms with Crippen LogP contribution in [-0.4, -0.2) is 9.38 Å². The Kier molecular flexibility index (Phi) is 3.98. The molecule has 3 heteroatoms. The van der Waals surface area contributed by atoms with E-state index in [2.05, 4.69) is 90.3 Å². The average Bonchev–Trinajstić information content (AvgIpc) is 3.01. The van der Waals surface area contributed by atoms with Crippen LogP contribution in [0.15, 0.2) is 72.8 Å². The molecular weight excluding hydrogens is 306 g/mol. The maximum absolute atomic E-state index is 4.90. The summed E-state index contributed by atoms with van der Waals surface area (Å²) in [6.45, 7) is 4.99. The highest BCUT2D eigenvalue weighted by Gasteiger charge is 2.15. The Bertz CT molecular complexity index is 1020. The van der Waals surface area contributed by atoms with Crippen molar-refractivity contribution in [3.63, 3.8) is 0 Å². The average molecular weight is 327 g/mol. The number of hydrogen-bond acceptors (Lipinski definition) is 2. The first-order valence-corrected chi connectivity index (χ1v) is 8.55. The van der Waals surface area contributed by atoms with Crippen LogP contribution in [0.25, 0.3) is 16.9 Å². The van der Waals surface area contributed by atoms with Crippen LogP contribution in [0, 0.1) is 13.8 Å². The normalized spacial score (nSPS) is 11.0. The fraction of sp³-hybridized carbons (Fsp3) is 0.136. The second-order valence-electron chi connectivity index (χ2n) is 6.38. The summed E-state index contributed by atoms with van der Waals surface area (Å²) in [6, 6.07) is 25.2. The quantitative estimate of drug-likeness (QED) is 0.556. The molecule has 2 heterocycles. The van der Waals surface area contributed by atoms with E-state index in [1.54, 1.807) is 0 Å². The molecule has 0 amide bonds. The zero-order valence-electron chi connectivity index (χ0n) is 14.5. The van der Waals surface area contributed by atoms with E-state index in [4.69, 9.17) is 4.98 Å². The fourth-order valence-corrected chi connectivity index (χ4v) is 3.19. The fourth-order valence-electron chi connectivity index (χ4n) is 3.19. The van der Waals surface area contributed by atoms with Crippen LogP contribution in [0.5, 0.6) is 0 Å². The highest BCUT2D eigenvalue weighted by molar-refractivity contribution is 5.77. The molecule has 0 unspecified atom stereocenters. The van der Waals surface area contributed by atoms with Gasteiger partial charge in [0.15, 0.2) is 0 Å². The van der Waals surface area contributed by atoms with E-state index in [1.807, 2.05) is 6.07 Å². The van der Waals surface area contributed by atoms with Gasteiger partial charge in [-0.2, -0.15) is 0 Å². The van der Waals surface area contributed by atoms with Crippen LogP contribution >= 0.6 is 0 Å². The predicted molar refractivity (Wildman–Crippen MR) is 104 cm³/mol. The Hall–Kier alpha value is -3.07. The van der Waals surface area contributed by atoms with Gasteiger partial charge in [0.25, 0.3) is 0 Å². The molecule has 0 spiro atoms. The van der Waals surface area contributed by atoms with E-state index < -0.39 is 0 Å². The molecule has 0 saturated heterocycles. The molecule has 0 atom stereocenters. The molecule has 0 bridgehead atoms. The molecule has 1 N–H and O–H groups in total. The van der Waals surface area contributed by atoms with Gasteiger partial charge in [0.1, 0.15) is 17.2 Å². The number of benzene rings is 2. The number of rotatable bonds is 4. The number of pyridine rings is 1. The van der Waals surface area contributed by atoms with Crippen LogP contribution in [-0.2, 0) is 6.54 Å². The van der Waals surface area contributed by atoms with Gasteiger partial charge in [0.05, 0.1) is 0 Å². The van der Waals surface area contributed by atoms with Gasteiger partial charge in [-0.05, 0) is 37.6 Å². The minimum absolute atomic E-state index is 0.766. The van der Waals surface area contributed by atoms with Crippen LogP contribution in [0.2, 0.25) is 0 Å². The molecule has 3 nitrogen and oxygen atoms in total. The van der Waals surface area contributed by atoms with Gasteiger partial charge in [0.2, 0.25) is 0 Å². The van der Waals surface area contributed by atoms with E-state index in [0.717, 1.165) is 29.3 Å². The van der Waals surface area contributed by atoms with Crippen molar-refractivity contribution in [2.24, 2.45) is 0 Å². The summed E-state index contributed by atoms with van der Waals surface area (Å²) >= 11 is 0. The van der Waals surface area contributed by atoms with Crippen molar-refractivity contribution in [1.82, 2.24) is 9.38 Å². The molecule has 0 aliphatic heterocycles. The van der Waals surface area contributed by atoms with Crippen molar-refractivity contribution in [2.45, 2.75) is 20.4 Å². The number of anilines is 1. The molecule has 0 saturated carbocycles. The van der Waals surface area contributed by atoms with Crippen molar-refractivity contribution in [3.05, 3.63) is 89.6 Å². The number of nitrogens with zero attached hydrogens (tertiary/aromatic N) is 2. The minimum atomic E-state index is 0.766. The molecule has 0 fully saturated rings. The second-order valence-corrected chi connectivity index (χ2v) is 6.38. The Morgan fingerprint density at radius 1 is 0.880 bits per heavy atom. The number of hydrogen-bond donors (Lipinski definition) is 1. The van der Waals surface area contributed by atoms with Gasteiger partial charge >= 0.3 is 0 Å². The van der Waals surface area contributed by atoms with E-state index in [0.29, 0.717) is 0 Å². The first-order valence-electron chi connectivity index (χ1n) is 8.55. The summed E-state index contributed by atoms with van der Waals surface area (Å²) in [6.07, 6.45) is 0. The Morgan fingerprint density at radius 3 is 2.48 bits per heavy atom. The van der Waals surface area contributed by atoms with Crippen LogP contribution in [0.1, 0.15) is 16.8 Å². The molecule has 0 aliphatic carbocycles. The lowest BCUT2D eigenvalue weighted by Crippen LogP contribution is -2.04. The predicted octanol–water partition coefficient (Wildman–Crippen LogP) is 5.23. The topological polar surface area (TPSA) is 29.3 Å². The summed E-state index contributed by atoms with van der Waals surface area (Å²) in [7, 11) is 0. The Balaban J connectivity index is 1.83. The number of fused-ring (bicyclic) bond motifs is 1. The Labute approximate surface area is 148 Å². The van der Waals surface area contributed by atoms with Gasteiger partial charge in [-0.1, -0.05) is 60.2 Å². The van der Waals surface area contributed by atoms with Crippen molar-refractivity contribution in [2.75, 3.05) is 5.32 Å². The summed E-state index contributed by atoms with van der Waals surface area (Å²) in [5.41, 5.74) is 6.75. The lowest BCUT2D eigenvalue weighted by Gasteiger charge is -2.11. The number of aryl methyl sites for hydroxylation is 2. The summed E-state index contributed by atoms with van der Waals surface area (Å²) in [4.78, 5) is 4.90. The van der Waals surface area contributed by atoms with Crippen molar-refractivity contribution in [1.29, 1.82) is 0 Å². The first-order chi connectivity index (χ1) is 12.2. The molecule has 0 radical (unpaired) electrons. The van der Waals surface area contributed by atoms with Gasteiger partial charge in [0, 0.05) is 17.8 Å². The van der Waals surface area contributed by atoms with E-state index in [1.165, 1.54) is 16.8 Å². The number of nitrogens with one attached hydrogen (secondary N) is 1. The molecule has 2 aromatic carbocycles. The van der Waals surface area contributed by atoms with E-state index in [9.17, 15) is 0 Å². The summed E-state index contributed by atoms with van der Waals surface area (Å²) in [5, 5.41) is 3.61. The van der Waals surface area contributed by atoms with Crippen molar-refractivity contribution < 1.29 is 0 Å². The molecule has 2 aromatic heterocycles. The van der Waals surface area contributed by atoms with Gasteiger partial charge in [-0.3, -0.25) is 4.40 Å². The van der Waals surface area contributed by atoms with Crippen LogP contribution in [0.4, 0.5) is 5.82 Å². The SMILES string of the molecule is Cc1cccc(-c2nc3cccc(C)n3c2NCc2ccccc2)c1. The highest BCUT2D eigenvalue weighted by Crippen LogP contribution is 2.30. The third kappa shape index (κ3) is 3.01. The zero-order valence-corrected chi connectivity index (χ0v) is 14.5. The molecular formula is C22H21N3. The third-order valence-corrected chi connectivity index (χ3v) is 4.43. The highest BCUT2D eigenvalue weighted by atomic mass is 15.1. The van der Waals surface area contributed by atoms with E-state index >= 15 is 0 Å². The smallest absolute Gasteiger partial charge is 0.139 e. The molecule has 4 aromatic rings. The van der Waals surface area contributed by atoms with Crippen molar-refractivity contribution in [3.8, 4) is 11.3 Å². The molecule has 4 rings (SSSR count). The third-order valence-electron chi connectivity index (χ3n) is 4.43. The number of aromatic nitrogens is 2. The van der Waals surface area contributed by atoms with Crippen molar-refractivity contribution >= 4 is 11.5 Å². The maximum Gasteiger partial charge on any atom is 0.139 e. The van der Waals surface area contributed by atoms with Gasteiger partial charge < -0.3 is 5.32 Å². The van der Waals surface area contributed by atoms with Crippen LogP contribution < -0.4 is 5.32 Å². The largest absolute Gasteiger partial charge is 0.365 e. The standard InChI is InChI=1S/C22H21N3/c1-16-8-6-12-19(14-16)21-22(23-15-18-10-4-3-5-11-18)25-17(2)9-7-13-20(25)24-21/h3-14,23H,15H2,1-2H3. The van der Waals surface area contributed by atoms with Gasteiger partial charge in [-0.25, -0.2) is 4.98 Å². The van der Waals surface area contributed by atoms with E-state index in [-0.39, 0.29) is 0 Å². The van der Waals surface area contributed by atoms with Crippen LogP contribution in [0.3, 0.4) is 0 Å². The minimum Gasteiger partial charge on any atom is -0.365 e. The lowest BCUT2D eigenvalue weighted by molar-refractivity contribution is 1.05. The second kappa shape index (κ2) is 6.44. The summed E-state index contributed by atoms with van der Waals surface area (Å²) in [5.74, 6) is 1.04. The summed E-state index contributed by atoms with van der Waals surface area (Å²) < 4.78 is 2.20. The first kappa shape index (κ1) is 15.5. The molecule has 0 aliphatic rings. The monoisotopic (exact) mass is 327 g/mol. The molecule has 124 valence electrons. The van der Waals surface area contributed by atoms with Gasteiger partial charge in [-0.15, -0.1) is 0 Å². The zero-order chi connectivity index (χ0) is 17.2. The Morgan fingerprint density at radius 2 is 1.68 bits per heavy atom. The lowest BCUT2D eigenvalue weighted by atomic mass is 10.1. The molecule has 25 heavy (non-hydrogen) atoms. The number of imidazole rings is 1. The maximum atomic E-state index is 4.90.